The van der Waals surface area contributed by atoms with Crippen molar-refractivity contribution in [2.24, 2.45) is 0 Å². The molecule has 0 unspecified atom stereocenters. The van der Waals surface area contributed by atoms with Crippen molar-refractivity contribution < 1.29 is 33.6 Å². The number of hydrogen-bond acceptors (Lipinski definition) is 7. The fourth-order valence-electron chi connectivity index (χ4n) is 3.87. The van der Waals surface area contributed by atoms with Gasteiger partial charge in [-0.15, -0.1) is 0 Å². The Labute approximate surface area is 215 Å². The third-order valence-electron chi connectivity index (χ3n) is 5.44. The molecule has 200 valence electrons. The van der Waals surface area contributed by atoms with Crippen molar-refractivity contribution in [1.82, 2.24) is 0 Å². The highest BCUT2D eigenvalue weighted by atomic mass is 16.7. The summed E-state index contributed by atoms with van der Waals surface area (Å²) in [4.78, 5) is 11.9. The highest BCUT2D eigenvalue weighted by Gasteiger charge is 2.30. The summed E-state index contributed by atoms with van der Waals surface area (Å²) in [5, 5.41) is 8.94. The highest BCUT2D eigenvalue weighted by molar-refractivity contribution is 5.74. The zero-order valence-electron chi connectivity index (χ0n) is 21.9. The van der Waals surface area contributed by atoms with E-state index in [9.17, 15) is 4.79 Å². The van der Waals surface area contributed by atoms with Gasteiger partial charge < -0.3 is 28.8 Å². The van der Waals surface area contributed by atoms with Crippen molar-refractivity contribution in [2.75, 3.05) is 6.61 Å². The van der Waals surface area contributed by atoms with Crippen LogP contribution in [-0.4, -0.2) is 34.9 Å². The van der Waals surface area contributed by atoms with E-state index in [1.807, 2.05) is 84.9 Å². The van der Waals surface area contributed by atoms with E-state index in [1.54, 1.807) is 0 Å². The second-order valence-corrected chi connectivity index (χ2v) is 10.6. The van der Waals surface area contributed by atoms with Crippen LogP contribution in [0, 0.1) is 0 Å². The van der Waals surface area contributed by atoms with Crippen LogP contribution in [0.3, 0.4) is 0 Å². The van der Waals surface area contributed by atoms with Gasteiger partial charge in [0.15, 0.2) is 0 Å². The standard InChI is InChI=1S/C16H22O4.C12H16O3.CH4/c1-15(2,3)20-14(17)9-11-7-6-8-13-12(11)10-18-16(4,5)19-13;1-12(2)14-8-10-9(6-7-13)4-3-5-11(10)15-12;/h6-8H,9-10H2,1-5H3;3-5,13H,6-8H2,1-2H3;1H4. The van der Waals surface area contributed by atoms with Crippen molar-refractivity contribution in [1.29, 1.82) is 0 Å². The van der Waals surface area contributed by atoms with E-state index in [2.05, 4.69) is 0 Å². The van der Waals surface area contributed by atoms with Gasteiger partial charge in [0.25, 0.3) is 0 Å². The van der Waals surface area contributed by atoms with Gasteiger partial charge in [-0.2, -0.15) is 0 Å². The van der Waals surface area contributed by atoms with Crippen LogP contribution < -0.4 is 9.47 Å². The number of carbonyl (C=O) groups is 1. The molecule has 7 nitrogen and oxygen atoms in total. The molecule has 0 atom stereocenters. The van der Waals surface area contributed by atoms with Gasteiger partial charge in [-0.05, 0) is 50.5 Å². The third-order valence-corrected chi connectivity index (χ3v) is 5.44. The predicted octanol–water partition coefficient (Wildman–Crippen LogP) is 5.72. The number of benzene rings is 2. The summed E-state index contributed by atoms with van der Waals surface area (Å²) in [6.45, 7) is 14.3. The average Bonchev–Trinajstić information content (AvgIpc) is 2.71. The zero-order valence-corrected chi connectivity index (χ0v) is 21.9. The van der Waals surface area contributed by atoms with Crippen LogP contribution in [0.1, 0.15) is 78.1 Å². The summed E-state index contributed by atoms with van der Waals surface area (Å²) in [6.07, 6.45) is 0.879. The van der Waals surface area contributed by atoms with Crippen LogP contribution in [-0.2, 0) is 45.1 Å². The molecule has 0 amide bonds. The topological polar surface area (TPSA) is 83.5 Å². The lowest BCUT2D eigenvalue weighted by Gasteiger charge is -2.33. The van der Waals surface area contributed by atoms with E-state index in [4.69, 9.17) is 28.8 Å². The van der Waals surface area contributed by atoms with Crippen LogP contribution in [0.2, 0.25) is 0 Å². The molecular formula is C29H42O7. The molecule has 4 rings (SSSR count). The Hall–Kier alpha value is -2.61. The van der Waals surface area contributed by atoms with E-state index in [0.29, 0.717) is 19.6 Å². The van der Waals surface area contributed by atoms with Crippen LogP contribution >= 0.6 is 0 Å². The largest absolute Gasteiger partial charge is 0.463 e. The van der Waals surface area contributed by atoms with Gasteiger partial charge in [0, 0.05) is 45.4 Å². The van der Waals surface area contributed by atoms with Gasteiger partial charge in [-0.3, -0.25) is 4.79 Å². The van der Waals surface area contributed by atoms with Gasteiger partial charge in [0.05, 0.1) is 19.6 Å². The highest BCUT2D eigenvalue weighted by Crippen LogP contribution is 2.34. The lowest BCUT2D eigenvalue weighted by molar-refractivity contribution is -0.180. The monoisotopic (exact) mass is 502 g/mol. The number of aliphatic hydroxyl groups is 1. The number of hydrogen-bond donors (Lipinski definition) is 1. The average molecular weight is 503 g/mol. The summed E-state index contributed by atoms with van der Waals surface area (Å²) < 4.78 is 28.0. The first-order valence-corrected chi connectivity index (χ1v) is 12.0. The van der Waals surface area contributed by atoms with E-state index < -0.39 is 17.2 Å². The van der Waals surface area contributed by atoms with Gasteiger partial charge >= 0.3 is 5.97 Å². The first-order chi connectivity index (χ1) is 16.3. The molecule has 2 aliphatic heterocycles. The smallest absolute Gasteiger partial charge is 0.310 e. The SMILES string of the molecule is C.CC(C)(C)OC(=O)Cc1cccc2c1COC(C)(C)O2.CC1(C)OCc2c(CCO)cccc2O1. The van der Waals surface area contributed by atoms with E-state index >= 15 is 0 Å². The minimum absolute atomic E-state index is 0. The van der Waals surface area contributed by atoms with Gasteiger partial charge in [-0.1, -0.05) is 31.7 Å². The molecule has 7 heteroatoms. The lowest BCUT2D eigenvalue weighted by atomic mass is 10.0. The fraction of sp³-hybridized carbons (Fsp3) is 0.552. The molecule has 2 aromatic rings. The van der Waals surface area contributed by atoms with Gasteiger partial charge in [0.1, 0.15) is 17.1 Å². The third kappa shape index (κ3) is 8.22. The molecule has 0 fully saturated rings. The molecule has 0 spiro atoms. The number of aliphatic hydroxyl groups excluding tert-OH is 1. The van der Waals surface area contributed by atoms with Gasteiger partial charge in [0.2, 0.25) is 11.6 Å². The first-order valence-electron chi connectivity index (χ1n) is 12.0. The van der Waals surface area contributed by atoms with Crippen LogP contribution in [0.4, 0.5) is 0 Å². The van der Waals surface area contributed by atoms with Crippen LogP contribution in [0.25, 0.3) is 0 Å². The van der Waals surface area contributed by atoms with Crippen molar-refractivity contribution >= 4 is 5.97 Å². The summed E-state index contributed by atoms with van der Waals surface area (Å²) in [5.74, 6) is 0.234. The summed E-state index contributed by atoms with van der Waals surface area (Å²) in [6, 6.07) is 11.6. The molecule has 0 saturated heterocycles. The fourth-order valence-corrected chi connectivity index (χ4v) is 3.87. The molecule has 1 N–H and O–H groups in total. The number of rotatable bonds is 4. The van der Waals surface area contributed by atoms with Gasteiger partial charge in [-0.25, -0.2) is 0 Å². The Morgan fingerprint density at radius 1 is 0.889 bits per heavy atom. The second kappa shape index (κ2) is 11.6. The molecule has 0 bridgehead atoms. The molecule has 0 saturated carbocycles. The molecular weight excluding hydrogens is 460 g/mol. The maximum Gasteiger partial charge on any atom is 0.310 e. The summed E-state index contributed by atoms with van der Waals surface area (Å²) in [7, 11) is 0. The van der Waals surface area contributed by atoms with Crippen molar-refractivity contribution in [3.8, 4) is 11.5 Å². The van der Waals surface area contributed by atoms with Crippen molar-refractivity contribution in [3.05, 3.63) is 58.7 Å². The van der Waals surface area contributed by atoms with E-state index in [1.165, 1.54) is 0 Å². The molecule has 0 aliphatic carbocycles. The Balaban J connectivity index is 0.000000256. The quantitative estimate of drug-likeness (QED) is 0.536. The zero-order chi connectivity index (χ0) is 25.9. The second-order valence-electron chi connectivity index (χ2n) is 10.6. The molecule has 2 heterocycles. The minimum atomic E-state index is -0.627. The van der Waals surface area contributed by atoms with Crippen LogP contribution in [0.15, 0.2) is 36.4 Å². The number of carbonyl (C=O) groups excluding carboxylic acids is 1. The molecule has 36 heavy (non-hydrogen) atoms. The van der Waals surface area contributed by atoms with Crippen LogP contribution in [0.5, 0.6) is 11.5 Å². The normalized spacial score (nSPS) is 17.0. The van der Waals surface area contributed by atoms with Crippen molar-refractivity contribution in [3.63, 3.8) is 0 Å². The molecule has 2 aromatic carbocycles. The maximum atomic E-state index is 11.9. The molecule has 0 radical (unpaired) electrons. The number of fused-ring (bicyclic) bond motifs is 2. The van der Waals surface area contributed by atoms with E-state index in [0.717, 1.165) is 33.8 Å². The first kappa shape index (κ1) is 29.6. The molecule has 2 aliphatic rings. The Morgan fingerprint density at radius 3 is 1.83 bits per heavy atom. The van der Waals surface area contributed by atoms with Crippen molar-refractivity contribution in [2.45, 2.75) is 99.1 Å². The number of esters is 1. The number of ether oxygens (including phenoxy) is 5. The van der Waals surface area contributed by atoms with E-state index in [-0.39, 0.29) is 26.4 Å². The summed E-state index contributed by atoms with van der Waals surface area (Å²) >= 11 is 0. The minimum Gasteiger partial charge on any atom is -0.463 e. The summed E-state index contributed by atoms with van der Waals surface area (Å²) in [5.41, 5.74) is 3.52. The predicted molar refractivity (Wildman–Crippen MR) is 139 cm³/mol. The Kier molecular flexibility index (Phi) is 9.57. The molecule has 0 aromatic heterocycles. The Bertz CT molecular complexity index is 1030. The Morgan fingerprint density at radius 2 is 1.36 bits per heavy atom. The maximum absolute atomic E-state index is 11.9. The lowest BCUT2D eigenvalue weighted by Crippen LogP contribution is -2.35.